The largest absolute Gasteiger partial charge is 0.346 e. The second kappa shape index (κ2) is 7.90. The number of hydrogen-bond donors (Lipinski definition) is 3. The van der Waals surface area contributed by atoms with Gasteiger partial charge in [-0.3, -0.25) is 14.6 Å². The predicted octanol–water partition coefficient (Wildman–Crippen LogP) is 1.46. The maximum absolute atomic E-state index is 12.9. The normalized spacial score (nSPS) is 16.0. The fourth-order valence-electron chi connectivity index (χ4n) is 3.23. The van der Waals surface area contributed by atoms with E-state index >= 15 is 0 Å². The smallest absolute Gasteiger partial charge is 0.243 e. The van der Waals surface area contributed by atoms with Gasteiger partial charge in [-0.1, -0.05) is 30.3 Å². The molecule has 0 atom stereocenters. The van der Waals surface area contributed by atoms with E-state index in [1.54, 1.807) is 24.5 Å². The zero-order chi connectivity index (χ0) is 17.5. The summed E-state index contributed by atoms with van der Waals surface area (Å²) in [5.41, 5.74) is 1.03. The highest BCUT2D eigenvalue weighted by Crippen LogP contribution is 2.33. The number of aromatic nitrogens is 1. The molecule has 1 aliphatic rings. The Morgan fingerprint density at radius 2 is 1.84 bits per heavy atom. The number of rotatable bonds is 5. The lowest BCUT2D eigenvalue weighted by Gasteiger charge is -2.36. The molecule has 0 aliphatic carbocycles. The number of nitrogens with zero attached hydrogens (tertiary/aromatic N) is 1. The van der Waals surface area contributed by atoms with Crippen molar-refractivity contribution in [3.63, 3.8) is 0 Å². The van der Waals surface area contributed by atoms with Gasteiger partial charge in [-0.25, -0.2) is 0 Å². The van der Waals surface area contributed by atoms with Gasteiger partial charge in [-0.05, 0) is 43.6 Å². The number of pyridine rings is 1. The summed E-state index contributed by atoms with van der Waals surface area (Å²) >= 11 is 0. The topological polar surface area (TPSA) is 83.1 Å². The van der Waals surface area contributed by atoms with E-state index in [-0.39, 0.29) is 18.4 Å². The third-order valence-corrected chi connectivity index (χ3v) is 4.57. The Hall–Kier alpha value is -2.73. The lowest BCUT2D eigenvalue weighted by Crippen LogP contribution is -2.51. The van der Waals surface area contributed by atoms with Crippen LogP contribution in [0, 0.1) is 0 Å². The SMILES string of the molecule is O=C(CNC(=O)C1(c2ccccc2)CCNCC1)Nc1cccnc1. The van der Waals surface area contributed by atoms with E-state index < -0.39 is 5.41 Å². The molecule has 1 fully saturated rings. The van der Waals surface area contributed by atoms with E-state index in [0.29, 0.717) is 18.5 Å². The van der Waals surface area contributed by atoms with E-state index in [0.717, 1.165) is 18.7 Å². The van der Waals surface area contributed by atoms with Gasteiger partial charge in [0, 0.05) is 6.20 Å². The minimum atomic E-state index is -0.582. The van der Waals surface area contributed by atoms with Gasteiger partial charge in [0.2, 0.25) is 11.8 Å². The molecule has 0 spiro atoms. The number of nitrogens with one attached hydrogen (secondary N) is 3. The molecule has 25 heavy (non-hydrogen) atoms. The van der Waals surface area contributed by atoms with Crippen molar-refractivity contribution in [1.29, 1.82) is 0 Å². The number of amides is 2. The zero-order valence-electron chi connectivity index (χ0n) is 14.0. The Labute approximate surface area is 147 Å². The minimum absolute atomic E-state index is 0.0598. The maximum Gasteiger partial charge on any atom is 0.243 e. The number of anilines is 1. The van der Waals surface area contributed by atoms with Crippen LogP contribution in [0.25, 0.3) is 0 Å². The van der Waals surface area contributed by atoms with E-state index in [4.69, 9.17) is 0 Å². The van der Waals surface area contributed by atoms with Crippen molar-refractivity contribution in [2.45, 2.75) is 18.3 Å². The van der Waals surface area contributed by atoms with Crippen LogP contribution < -0.4 is 16.0 Å². The van der Waals surface area contributed by atoms with Crippen LogP contribution in [0.1, 0.15) is 18.4 Å². The Balaban J connectivity index is 1.66. The number of piperidine rings is 1. The molecule has 3 rings (SSSR count). The number of hydrogen-bond acceptors (Lipinski definition) is 4. The third kappa shape index (κ3) is 4.03. The van der Waals surface area contributed by atoms with Crippen LogP contribution in [0.5, 0.6) is 0 Å². The standard InChI is InChI=1S/C19H22N4O2/c24-17(23-16-7-4-10-21-13-16)14-22-18(25)19(8-11-20-12-9-19)15-5-2-1-3-6-15/h1-7,10,13,20H,8-9,11-12,14H2,(H,22,25)(H,23,24). The minimum Gasteiger partial charge on any atom is -0.346 e. The molecule has 1 saturated heterocycles. The van der Waals surface area contributed by atoms with Crippen molar-refractivity contribution in [1.82, 2.24) is 15.6 Å². The molecule has 3 N–H and O–H groups in total. The number of carbonyl (C=O) groups excluding carboxylic acids is 2. The molecule has 130 valence electrons. The van der Waals surface area contributed by atoms with E-state index in [2.05, 4.69) is 20.9 Å². The molecule has 1 aromatic heterocycles. The first-order valence-corrected chi connectivity index (χ1v) is 8.45. The summed E-state index contributed by atoms with van der Waals surface area (Å²) in [5.74, 6) is -0.361. The number of carbonyl (C=O) groups is 2. The van der Waals surface area contributed by atoms with E-state index in [9.17, 15) is 9.59 Å². The second-order valence-corrected chi connectivity index (χ2v) is 6.17. The van der Waals surface area contributed by atoms with Crippen LogP contribution in [0.2, 0.25) is 0 Å². The van der Waals surface area contributed by atoms with Crippen LogP contribution in [0.4, 0.5) is 5.69 Å². The van der Waals surface area contributed by atoms with E-state index in [1.807, 2.05) is 30.3 Å². The average molecular weight is 338 g/mol. The summed E-state index contributed by atoms with van der Waals surface area (Å²) in [6.07, 6.45) is 4.64. The molecule has 0 unspecified atom stereocenters. The molecular weight excluding hydrogens is 316 g/mol. The lowest BCUT2D eigenvalue weighted by atomic mass is 9.72. The first kappa shape index (κ1) is 17.1. The summed E-state index contributed by atoms with van der Waals surface area (Å²) in [6.45, 7) is 1.50. The van der Waals surface area contributed by atoms with Gasteiger partial charge < -0.3 is 16.0 Å². The summed E-state index contributed by atoms with van der Waals surface area (Å²) in [7, 11) is 0. The monoisotopic (exact) mass is 338 g/mol. The molecule has 0 saturated carbocycles. The molecule has 0 radical (unpaired) electrons. The number of benzene rings is 1. The molecule has 0 bridgehead atoms. The van der Waals surface area contributed by atoms with Crippen LogP contribution in [0.3, 0.4) is 0 Å². The lowest BCUT2D eigenvalue weighted by molar-refractivity contribution is -0.129. The van der Waals surface area contributed by atoms with Crippen LogP contribution >= 0.6 is 0 Å². The van der Waals surface area contributed by atoms with Crippen molar-refractivity contribution in [2.24, 2.45) is 0 Å². The summed E-state index contributed by atoms with van der Waals surface area (Å²) in [4.78, 5) is 29.0. The molecule has 6 nitrogen and oxygen atoms in total. The highest BCUT2D eigenvalue weighted by molar-refractivity contribution is 5.96. The van der Waals surface area contributed by atoms with Crippen LogP contribution in [-0.4, -0.2) is 36.4 Å². The molecule has 1 aromatic carbocycles. The predicted molar refractivity (Wildman–Crippen MR) is 96.1 cm³/mol. The van der Waals surface area contributed by atoms with Crippen LogP contribution in [0.15, 0.2) is 54.9 Å². The summed E-state index contributed by atoms with van der Waals surface area (Å²) in [6, 6.07) is 13.3. The van der Waals surface area contributed by atoms with Gasteiger partial charge >= 0.3 is 0 Å². The van der Waals surface area contributed by atoms with Gasteiger partial charge in [0.1, 0.15) is 0 Å². The van der Waals surface area contributed by atoms with Crippen molar-refractivity contribution in [3.8, 4) is 0 Å². The van der Waals surface area contributed by atoms with Gasteiger partial charge in [-0.2, -0.15) is 0 Å². The molecule has 2 amide bonds. The van der Waals surface area contributed by atoms with Gasteiger partial charge in [-0.15, -0.1) is 0 Å². The quantitative estimate of drug-likeness (QED) is 0.771. The van der Waals surface area contributed by atoms with Crippen molar-refractivity contribution < 1.29 is 9.59 Å². The Morgan fingerprint density at radius 1 is 1.08 bits per heavy atom. The Kier molecular flexibility index (Phi) is 5.40. The third-order valence-electron chi connectivity index (χ3n) is 4.57. The van der Waals surface area contributed by atoms with Crippen molar-refractivity contribution in [2.75, 3.05) is 25.0 Å². The molecule has 6 heteroatoms. The van der Waals surface area contributed by atoms with Crippen LogP contribution in [-0.2, 0) is 15.0 Å². The fourth-order valence-corrected chi connectivity index (χ4v) is 3.23. The first-order chi connectivity index (χ1) is 12.2. The van der Waals surface area contributed by atoms with Gasteiger partial charge in [0.15, 0.2) is 0 Å². The average Bonchev–Trinajstić information content (AvgIpc) is 2.68. The zero-order valence-corrected chi connectivity index (χ0v) is 14.0. The van der Waals surface area contributed by atoms with E-state index in [1.165, 1.54) is 0 Å². The highest BCUT2D eigenvalue weighted by atomic mass is 16.2. The molecule has 2 aromatic rings. The van der Waals surface area contributed by atoms with Gasteiger partial charge in [0.25, 0.3) is 0 Å². The highest BCUT2D eigenvalue weighted by Gasteiger charge is 2.41. The fraction of sp³-hybridized carbons (Fsp3) is 0.316. The van der Waals surface area contributed by atoms with Gasteiger partial charge in [0.05, 0.1) is 23.8 Å². The maximum atomic E-state index is 12.9. The first-order valence-electron chi connectivity index (χ1n) is 8.45. The summed E-state index contributed by atoms with van der Waals surface area (Å²) in [5, 5.41) is 8.83. The Bertz CT molecular complexity index is 713. The molecule has 1 aliphatic heterocycles. The molecule has 2 heterocycles. The van der Waals surface area contributed by atoms with Crippen molar-refractivity contribution in [3.05, 3.63) is 60.4 Å². The second-order valence-electron chi connectivity index (χ2n) is 6.17. The Morgan fingerprint density at radius 3 is 2.52 bits per heavy atom. The molecular formula is C19H22N4O2. The van der Waals surface area contributed by atoms with Crippen molar-refractivity contribution >= 4 is 17.5 Å². The summed E-state index contributed by atoms with van der Waals surface area (Å²) < 4.78 is 0.